The number of benzene rings is 1. The third-order valence-electron chi connectivity index (χ3n) is 4.13. The second-order valence-electron chi connectivity index (χ2n) is 5.91. The van der Waals surface area contributed by atoms with Crippen molar-refractivity contribution >= 4 is 5.69 Å². The van der Waals surface area contributed by atoms with Gasteiger partial charge in [-0.3, -0.25) is 0 Å². The standard InChI is InChI=1S/C15H22N2O/c1-15(18,10-16-12-7-8-12)14-9-6-11-4-2-3-5-13(11)17-14/h2-5,12,14,16-18H,6-10H2,1H3. The first-order valence-corrected chi connectivity index (χ1v) is 6.95. The average Bonchev–Trinajstić information content (AvgIpc) is 3.20. The highest BCUT2D eigenvalue weighted by atomic mass is 16.3. The predicted octanol–water partition coefficient (Wildman–Crippen LogP) is 1.92. The van der Waals surface area contributed by atoms with E-state index in [0.29, 0.717) is 12.6 Å². The number of para-hydroxylation sites is 1. The molecule has 3 nitrogen and oxygen atoms in total. The molecule has 98 valence electrons. The summed E-state index contributed by atoms with van der Waals surface area (Å²) in [5.74, 6) is 0. The molecule has 1 fully saturated rings. The molecule has 2 unspecified atom stereocenters. The summed E-state index contributed by atoms with van der Waals surface area (Å²) in [5, 5.41) is 17.5. The summed E-state index contributed by atoms with van der Waals surface area (Å²) in [6.07, 6.45) is 4.57. The zero-order valence-corrected chi connectivity index (χ0v) is 10.9. The Hall–Kier alpha value is -1.06. The average molecular weight is 246 g/mol. The maximum atomic E-state index is 10.6. The van der Waals surface area contributed by atoms with Crippen LogP contribution in [0.25, 0.3) is 0 Å². The van der Waals surface area contributed by atoms with E-state index in [1.165, 1.54) is 24.1 Å². The van der Waals surface area contributed by atoms with Gasteiger partial charge < -0.3 is 15.7 Å². The second-order valence-corrected chi connectivity index (χ2v) is 5.91. The molecule has 3 heteroatoms. The van der Waals surface area contributed by atoms with Gasteiger partial charge in [0.2, 0.25) is 0 Å². The molecule has 18 heavy (non-hydrogen) atoms. The topological polar surface area (TPSA) is 44.3 Å². The molecule has 2 atom stereocenters. The minimum Gasteiger partial charge on any atom is -0.387 e. The van der Waals surface area contributed by atoms with Gasteiger partial charge in [0.25, 0.3) is 0 Å². The number of anilines is 1. The molecule has 3 N–H and O–H groups in total. The maximum absolute atomic E-state index is 10.6. The Balaban J connectivity index is 1.66. The van der Waals surface area contributed by atoms with Crippen LogP contribution >= 0.6 is 0 Å². The first kappa shape index (κ1) is 12.0. The Morgan fingerprint density at radius 3 is 2.89 bits per heavy atom. The molecule has 0 amide bonds. The molecule has 1 saturated carbocycles. The van der Waals surface area contributed by atoms with E-state index in [0.717, 1.165) is 12.8 Å². The summed E-state index contributed by atoms with van der Waals surface area (Å²) < 4.78 is 0. The van der Waals surface area contributed by atoms with Crippen molar-refractivity contribution in [1.82, 2.24) is 5.32 Å². The highest BCUT2D eigenvalue weighted by Gasteiger charge is 2.35. The van der Waals surface area contributed by atoms with Crippen LogP contribution in [0.4, 0.5) is 5.69 Å². The molecule has 3 rings (SSSR count). The van der Waals surface area contributed by atoms with Crippen molar-refractivity contribution < 1.29 is 5.11 Å². The largest absolute Gasteiger partial charge is 0.387 e. The number of rotatable bonds is 4. The van der Waals surface area contributed by atoms with Crippen molar-refractivity contribution in [1.29, 1.82) is 0 Å². The third kappa shape index (κ3) is 2.52. The molecule has 1 heterocycles. The van der Waals surface area contributed by atoms with Gasteiger partial charge in [-0.25, -0.2) is 0 Å². The van der Waals surface area contributed by atoms with Crippen molar-refractivity contribution in [3.63, 3.8) is 0 Å². The summed E-state index contributed by atoms with van der Waals surface area (Å²) >= 11 is 0. The van der Waals surface area contributed by atoms with Crippen LogP contribution in [0, 0.1) is 0 Å². The molecule has 1 aromatic carbocycles. The molecule has 0 saturated heterocycles. The van der Waals surface area contributed by atoms with Crippen molar-refractivity contribution in [2.24, 2.45) is 0 Å². The van der Waals surface area contributed by atoms with E-state index in [4.69, 9.17) is 0 Å². The van der Waals surface area contributed by atoms with Crippen LogP contribution in [-0.4, -0.2) is 29.3 Å². The lowest BCUT2D eigenvalue weighted by molar-refractivity contribution is 0.0358. The van der Waals surface area contributed by atoms with E-state index >= 15 is 0 Å². The Labute approximate surface area is 109 Å². The SMILES string of the molecule is CC(O)(CNC1CC1)C1CCc2ccccc2N1. The van der Waals surface area contributed by atoms with Crippen LogP contribution < -0.4 is 10.6 Å². The molecular weight excluding hydrogens is 224 g/mol. The summed E-state index contributed by atoms with van der Waals surface area (Å²) in [5.41, 5.74) is 1.86. The molecule has 0 aromatic heterocycles. The van der Waals surface area contributed by atoms with E-state index in [2.05, 4.69) is 28.8 Å². The van der Waals surface area contributed by atoms with E-state index in [1.54, 1.807) is 0 Å². The maximum Gasteiger partial charge on any atom is 0.0943 e. The number of aliphatic hydroxyl groups is 1. The van der Waals surface area contributed by atoms with Crippen LogP contribution in [0.5, 0.6) is 0 Å². The molecule has 0 spiro atoms. The number of hydrogen-bond donors (Lipinski definition) is 3. The van der Waals surface area contributed by atoms with Crippen LogP contribution in [0.1, 0.15) is 31.7 Å². The van der Waals surface area contributed by atoms with Gasteiger partial charge in [0.05, 0.1) is 11.6 Å². The zero-order chi connectivity index (χ0) is 12.6. The van der Waals surface area contributed by atoms with Gasteiger partial charge >= 0.3 is 0 Å². The zero-order valence-electron chi connectivity index (χ0n) is 10.9. The summed E-state index contributed by atoms with van der Waals surface area (Å²) in [6, 6.07) is 9.17. The molecule has 1 aliphatic carbocycles. The van der Waals surface area contributed by atoms with Gasteiger partial charge in [-0.15, -0.1) is 0 Å². The normalized spacial score (nSPS) is 26.0. The predicted molar refractivity (Wildman–Crippen MR) is 73.8 cm³/mol. The summed E-state index contributed by atoms with van der Waals surface area (Å²) in [7, 11) is 0. The van der Waals surface area contributed by atoms with Gasteiger partial charge in [-0.05, 0) is 44.2 Å². The second kappa shape index (κ2) is 4.56. The fourth-order valence-corrected chi connectivity index (χ4v) is 2.67. The monoisotopic (exact) mass is 246 g/mol. The fraction of sp³-hybridized carbons (Fsp3) is 0.600. The Morgan fingerprint density at radius 2 is 2.11 bits per heavy atom. The number of aryl methyl sites for hydroxylation is 1. The lowest BCUT2D eigenvalue weighted by Crippen LogP contribution is -2.52. The van der Waals surface area contributed by atoms with E-state index in [-0.39, 0.29) is 6.04 Å². The van der Waals surface area contributed by atoms with Gasteiger partial charge in [-0.1, -0.05) is 18.2 Å². The van der Waals surface area contributed by atoms with Crippen molar-refractivity contribution in [3.05, 3.63) is 29.8 Å². The van der Waals surface area contributed by atoms with Crippen LogP contribution in [0.2, 0.25) is 0 Å². The number of nitrogens with one attached hydrogen (secondary N) is 2. The highest BCUT2D eigenvalue weighted by molar-refractivity contribution is 5.54. The Bertz CT molecular complexity index is 426. The number of fused-ring (bicyclic) bond motifs is 1. The Morgan fingerprint density at radius 1 is 1.33 bits per heavy atom. The van der Waals surface area contributed by atoms with E-state index in [1.807, 2.05) is 13.0 Å². The van der Waals surface area contributed by atoms with Gasteiger partial charge in [0.15, 0.2) is 0 Å². The molecule has 1 aliphatic heterocycles. The molecule has 1 aromatic rings. The van der Waals surface area contributed by atoms with Gasteiger partial charge in [-0.2, -0.15) is 0 Å². The van der Waals surface area contributed by atoms with Crippen LogP contribution in [0.3, 0.4) is 0 Å². The van der Waals surface area contributed by atoms with Gasteiger partial charge in [0.1, 0.15) is 0 Å². The molecule has 0 radical (unpaired) electrons. The van der Waals surface area contributed by atoms with E-state index < -0.39 is 5.60 Å². The van der Waals surface area contributed by atoms with Crippen molar-refractivity contribution in [2.75, 3.05) is 11.9 Å². The number of hydrogen-bond acceptors (Lipinski definition) is 3. The molecule has 0 bridgehead atoms. The van der Waals surface area contributed by atoms with Crippen molar-refractivity contribution in [3.8, 4) is 0 Å². The minimum absolute atomic E-state index is 0.138. The quantitative estimate of drug-likeness (QED) is 0.760. The van der Waals surface area contributed by atoms with Crippen molar-refractivity contribution in [2.45, 2.75) is 50.3 Å². The molecule has 2 aliphatic rings. The first-order chi connectivity index (χ1) is 8.65. The smallest absolute Gasteiger partial charge is 0.0943 e. The van der Waals surface area contributed by atoms with Crippen LogP contribution in [-0.2, 0) is 6.42 Å². The Kier molecular flexibility index (Phi) is 3.04. The lowest BCUT2D eigenvalue weighted by atomic mass is 9.87. The molecular formula is C15H22N2O. The third-order valence-corrected chi connectivity index (χ3v) is 4.13. The van der Waals surface area contributed by atoms with Gasteiger partial charge in [0, 0.05) is 18.3 Å². The van der Waals surface area contributed by atoms with E-state index in [9.17, 15) is 5.11 Å². The summed E-state index contributed by atoms with van der Waals surface area (Å²) in [6.45, 7) is 2.62. The minimum atomic E-state index is -0.684. The lowest BCUT2D eigenvalue weighted by Gasteiger charge is -2.38. The first-order valence-electron chi connectivity index (χ1n) is 6.95. The fourth-order valence-electron chi connectivity index (χ4n) is 2.67. The highest BCUT2D eigenvalue weighted by Crippen LogP contribution is 2.29. The van der Waals surface area contributed by atoms with Crippen LogP contribution in [0.15, 0.2) is 24.3 Å². The summed E-state index contributed by atoms with van der Waals surface area (Å²) in [4.78, 5) is 0.